The Labute approximate surface area is 117 Å². The fraction of sp³-hybridized carbons (Fsp3) is 0.364. The zero-order valence-corrected chi connectivity index (χ0v) is 11.1. The maximum Gasteiger partial charge on any atom is 0.401 e. The molecular formula is C11H10Cl2F3NO2. The molecule has 0 aliphatic carbocycles. The fourth-order valence-electron chi connectivity index (χ4n) is 1.50. The van der Waals surface area contributed by atoms with Gasteiger partial charge in [0.2, 0.25) is 0 Å². The first-order chi connectivity index (χ1) is 8.67. The van der Waals surface area contributed by atoms with Crippen LogP contribution < -0.4 is 0 Å². The Morgan fingerprint density at radius 1 is 1.32 bits per heavy atom. The van der Waals surface area contributed by atoms with Crippen LogP contribution in [-0.4, -0.2) is 35.2 Å². The molecule has 0 saturated heterocycles. The van der Waals surface area contributed by atoms with Crippen LogP contribution in [-0.2, 0) is 11.3 Å². The van der Waals surface area contributed by atoms with E-state index in [9.17, 15) is 18.0 Å². The van der Waals surface area contributed by atoms with Gasteiger partial charge in [-0.3, -0.25) is 9.69 Å². The van der Waals surface area contributed by atoms with E-state index < -0.39 is 25.2 Å². The Morgan fingerprint density at radius 2 is 1.95 bits per heavy atom. The average Bonchev–Trinajstić information content (AvgIpc) is 2.18. The van der Waals surface area contributed by atoms with Crippen molar-refractivity contribution >= 4 is 29.2 Å². The number of hydrogen-bond acceptors (Lipinski definition) is 2. The number of nitrogens with zero attached hydrogens (tertiary/aromatic N) is 1. The highest BCUT2D eigenvalue weighted by Gasteiger charge is 2.31. The normalized spacial score (nSPS) is 11.9. The summed E-state index contributed by atoms with van der Waals surface area (Å²) in [5.41, 5.74) is 0.386. The Kier molecular flexibility index (Phi) is 5.46. The largest absolute Gasteiger partial charge is 0.480 e. The number of halogens is 5. The van der Waals surface area contributed by atoms with Crippen molar-refractivity contribution < 1.29 is 23.1 Å². The Hall–Kier alpha value is -0.980. The minimum atomic E-state index is -4.48. The molecule has 0 bridgehead atoms. The molecule has 3 nitrogen and oxygen atoms in total. The molecule has 0 unspecified atom stereocenters. The zero-order chi connectivity index (χ0) is 14.6. The molecule has 0 aliphatic heterocycles. The molecule has 1 aromatic rings. The van der Waals surface area contributed by atoms with Crippen molar-refractivity contribution in [2.45, 2.75) is 12.7 Å². The van der Waals surface area contributed by atoms with Crippen molar-refractivity contribution in [3.8, 4) is 0 Å². The molecule has 0 aliphatic rings. The maximum atomic E-state index is 12.3. The number of benzene rings is 1. The Morgan fingerprint density at radius 3 is 2.42 bits per heavy atom. The van der Waals surface area contributed by atoms with Crippen LogP contribution in [0.3, 0.4) is 0 Å². The lowest BCUT2D eigenvalue weighted by molar-refractivity contribution is -0.154. The van der Waals surface area contributed by atoms with Gasteiger partial charge in [-0.05, 0) is 17.7 Å². The van der Waals surface area contributed by atoms with Gasteiger partial charge in [0.05, 0.1) is 13.1 Å². The third kappa shape index (κ3) is 6.13. The summed E-state index contributed by atoms with van der Waals surface area (Å²) in [6.07, 6.45) is -4.48. The first-order valence-corrected chi connectivity index (χ1v) is 5.88. The van der Waals surface area contributed by atoms with Crippen molar-refractivity contribution in [3.63, 3.8) is 0 Å². The van der Waals surface area contributed by atoms with Crippen LogP contribution >= 0.6 is 23.2 Å². The standard InChI is InChI=1S/C11H10Cl2F3NO2/c12-8-2-1-7(9(13)3-8)4-17(5-10(18)19)6-11(14,15)16/h1-3H,4-6H2,(H,18,19). The van der Waals surface area contributed by atoms with Crippen molar-refractivity contribution in [1.82, 2.24) is 4.90 Å². The van der Waals surface area contributed by atoms with E-state index in [1.54, 1.807) is 0 Å². The Balaban J connectivity index is 2.84. The number of carboxylic acids is 1. The SMILES string of the molecule is O=C(O)CN(Cc1ccc(Cl)cc1Cl)CC(F)(F)F. The Bertz CT molecular complexity index is 466. The lowest BCUT2D eigenvalue weighted by Crippen LogP contribution is -2.37. The molecule has 106 valence electrons. The first kappa shape index (κ1) is 16.1. The van der Waals surface area contributed by atoms with Crippen LogP contribution in [0.4, 0.5) is 13.2 Å². The summed E-state index contributed by atoms with van der Waals surface area (Å²) in [6.45, 7) is -2.27. The summed E-state index contributed by atoms with van der Waals surface area (Å²) >= 11 is 11.5. The third-order valence-electron chi connectivity index (χ3n) is 2.17. The van der Waals surface area contributed by atoms with E-state index >= 15 is 0 Å². The number of hydrogen-bond donors (Lipinski definition) is 1. The fourth-order valence-corrected chi connectivity index (χ4v) is 1.97. The molecule has 0 aromatic heterocycles. The molecule has 19 heavy (non-hydrogen) atoms. The van der Waals surface area contributed by atoms with Gasteiger partial charge in [-0.2, -0.15) is 13.2 Å². The van der Waals surface area contributed by atoms with E-state index in [4.69, 9.17) is 28.3 Å². The minimum Gasteiger partial charge on any atom is -0.480 e. The van der Waals surface area contributed by atoms with Gasteiger partial charge >= 0.3 is 12.1 Å². The van der Waals surface area contributed by atoms with Crippen LogP contribution in [0.15, 0.2) is 18.2 Å². The van der Waals surface area contributed by atoms with Gasteiger partial charge in [0.25, 0.3) is 0 Å². The number of carboxylic acid groups (broad SMARTS) is 1. The highest BCUT2D eigenvalue weighted by molar-refractivity contribution is 6.35. The van der Waals surface area contributed by atoms with Crippen molar-refractivity contribution in [3.05, 3.63) is 33.8 Å². The molecule has 0 fully saturated rings. The molecule has 1 rings (SSSR count). The van der Waals surface area contributed by atoms with Gasteiger partial charge < -0.3 is 5.11 Å². The van der Waals surface area contributed by atoms with Crippen LogP contribution in [0.5, 0.6) is 0 Å². The number of carbonyl (C=O) groups is 1. The molecule has 0 saturated carbocycles. The highest BCUT2D eigenvalue weighted by atomic mass is 35.5. The third-order valence-corrected chi connectivity index (χ3v) is 2.76. The summed E-state index contributed by atoms with van der Waals surface area (Å²) in [4.78, 5) is 11.3. The summed E-state index contributed by atoms with van der Waals surface area (Å²) in [5.74, 6) is -1.34. The average molecular weight is 316 g/mol. The second-order valence-electron chi connectivity index (χ2n) is 3.89. The van der Waals surface area contributed by atoms with Crippen molar-refractivity contribution in [1.29, 1.82) is 0 Å². The van der Waals surface area contributed by atoms with Gasteiger partial charge in [0, 0.05) is 16.6 Å². The van der Waals surface area contributed by atoms with E-state index in [1.807, 2.05) is 0 Å². The van der Waals surface area contributed by atoms with Crippen molar-refractivity contribution in [2.75, 3.05) is 13.1 Å². The monoisotopic (exact) mass is 315 g/mol. The molecule has 0 amide bonds. The van der Waals surface area contributed by atoms with E-state index in [0.717, 1.165) is 4.90 Å². The van der Waals surface area contributed by atoms with Gasteiger partial charge in [0.15, 0.2) is 0 Å². The minimum absolute atomic E-state index is 0.199. The molecule has 0 heterocycles. The van der Waals surface area contributed by atoms with Crippen molar-refractivity contribution in [2.24, 2.45) is 0 Å². The van der Waals surface area contributed by atoms with Gasteiger partial charge in [-0.25, -0.2) is 0 Å². The van der Waals surface area contributed by atoms with Crippen LogP contribution in [0.25, 0.3) is 0 Å². The van der Waals surface area contributed by atoms with E-state index in [-0.39, 0.29) is 11.6 Å². The predicted octanol–water partition coefficient (Wildman–Crippen LogP) is 3.44. The van der Waals surface area contributed by atoms with Gasteiger partial charge in [-0.1, -0.05) is 29.3 Å². The molecule has 0 radical (unpaired) electrons. The smallest absolute Gasteiger partial charge is 0.401 e. The van der Waals surface area contributed by atoms with E-state index in [1.165, 1.54) is 18.2 Å². The lowest BCUT2D eigenvalue weighted by atomic mass is 10.2. The predicted molar refractivity (Wildman–Crippen MR) is 65.4 cm³/mol. The quantitative estimate of drug-likeness (QED) is 0.904. The van der Waals surface area contributed by atoms with Crippen LogP contribution in [0.1, 0.15) is 5.56 Å². The zero-order valence-electron chi connectivity index (χ0n) is 9.55. The highest BCUT2D eigenvalue weighted by Crippen LogP contribution is 2.24. The summed E-state index contributed by atoms with van der Waals surface area (Å²) in [5, 5.41) is 9.16. The number of alkyl halides is 3. The summed E-state index contributed by atoms with van der Waals surface area (Å²) < 4.78 is 37.0. The van der Waals surface area contributed by atoms with Gasteiger partial charge in [-0.15, -0.1) is 0 Å². The van der Waals surface area contributed by atoms with E-state index in [0.29, 0.717) is 10.6 Å². The van der Waals surface area contributed by atoms with Crippen LogP contribution in [0.2, 0.25) is 10.0 Å². The maximum absolute atomic E-state index is 12.3. The lowest BCUT2D eigenvalue weighted by Gasteiger charge is -2.22. The summed E-state index contributed by atoms with van der Waals surface area (Å²) in [7, 11) is 0. The second kappa shape index (κ2) is 6.45. The molecular weight excluding hydrogens is 306 g/mol. The molecule has 1 N–H and O–H groups in total. The topological polar surface area (TPSA) is 40.5 Å². The number of aliphatic carboxylic acids is 1. The molecule has 8 heteroatoms. The number of rotatable bonds is 5. The molecule has 1 aromatic carbocycles. The van der Waals surface area contributed by atoms with Gasteiger partial charge in [0.1, 0.15) is 0 Å². The summed E-state index contributed by atoms with van der Waals surface area (Å²) in [6, 6.07) is 4.34. The first-order valence-electron chi connectivity index (χ1n) is 5.12. The molecule has 0 atom stereocenters. The van der Waals surface area contributed by atoms with Crippen LogP contribution in [0, 0.1) is 0 Å². The molecule has 0 spiro atoms. The second-order valence-corrected chi connectivity index (χ2v) is 4.73. The van der Waals surface area contributed by atoms with E-state index in [2.05, 4.69) is 0 Å².